The highest BCUT2D eigenvalue weighted by Gasteiger charge is 2.33. The van der Waals surface area contributed by atoms with Gasteiger partial charge in [0.1, 0.15) is 11.9 Å². The summed E-state index contributed by atoms with van der Waals surface area (Å²) >= 11 is 0. The average Bonchev–Trinajstić information content (AvgIpc) is 2.87. The van der Waals surface area contributed by atoms with Gasteiger partial charge in [-0.05, 0) is 25.0 Å². The Balaban J connectivity index is 1.41. The van der Waals surface area contributed by atoms with Crippen LogP contribution in [-0.2, 0) is 9.53 Å². The molecule has 0 aliphatic carbocycles. The van der Waals surface area contributed by atoms with Gasteiger partial charge in [-0.2, -0.15) is 0 Å². The Morgan fingerprint density at radius 3 is 2.79 bits per heavy atom. The molecule has 1 aromatic rings. The zero-order valence-corrected chi connectivity index (χ0v) is 11.0. The summed E-state index contributed by atoms with van der Waals surface area (Å²) < 4.78 is 11.3. The fourth-order valence-corrected chi connectivity index (χ4v) is 2.54. The molecular weight excluding hydrogens is 242 g/mol. The van der Waals surface area contributed by atoms with E-state index in [0.29, 0.717) is 19.5 Å². The molecule has 0 aromatic heterocycles. The quantitative estimate of drug-likeness (QED) is 0.830. The summed E-state index contributed by atoms with van der Waals surface area (Å²) in [5.41, 5.74) is 0. The fraction of sp³-hybridized carbons (Fsp3) is 0.533. The van der Waals surface area contributed by atoms with Crippen LogP contribution < -0.4 is 4.74 Å². The number of nitrogens with zero attached hydrogens (tertiary/aromatic N) is 1. The maximum Gasteiger partial charge on any atom is 0.225 e. The standard InChI is InChI=1S/C15H19NO3/c17-15(9-13-7-4-8-18-13)16-10-14(11-16)19-12-5-2-1-3-6-12/h1-3,5-6,13-14H,4,7-11H2. The lowest BCUT2D eigenvalue weighted by Gasteiger charge is -2.39. The first kappa shape index (κ1) is 12.5. The minimum absolute atomic E-state index is 0.135. The zero-order chi connectivity index (χ0) is 13.1. The highest BCUT2D eigenvalue weighted by molar-refractivity contribution is 5.77. The molecule has 2 aliphatic rings. The van der Waals surface area contributed by atoms with Crippen LogP contribution in [0.1, 0.15) is 19.3 Å². The van der Waals surface area contributed by atoms with Crippen LogP contribution >= 0.6 is 0 Å². The third kappa shape index (κ3) is 3.07. The summed E-state index contributed by atoms with van der Waals surface area (Å²) in [6.07, 6.45) is 2.90. The predicted octanol–water partition coefficient (Wildman–Crippen LogP) is 1.85. The number of benzene rings is 1. The van der Waals surface area contributed by atoms with Crippen LogP contribution in [0.5, 0.6) is 5.75 Å². The molecule has 102 valence electrons. The van der Waals surface area contributed by atoms with E-state index >= 15 is 0 Å². The van der Waals surface area contributed by atoms with Gasteiger partial charge in [0, 0.05) is 6.61 Å². The lowest BCUT2D eigenvalue weighted by molar-refractivity contribution is -0.142. The molecule has 2 fully saturated rings. The zero-order valence-electron chi connectivity index (χ0n) is 11.0. The molecule has 0 bridgehead atoms. The van der Waals surface area contributed by atoms with E-state index < -0.39 is 0 Å². The number of amides is 1. The van der Waals surface area contributed by atoms with Crippen molar-refractivity contribution in [3.63, 3.8) is 0 Å². The van der Waals surface area contributed by atoms with Crippen molar-refractivity contribution in [2.45, 2.75) is 31.5 Å². The van der Waals surface area contributed by atoms with Crippen LogP contribution in [0.25, 0.3) is 0 Å². The van der Waals surface area contributed by atoms with Gasteiger partial charge in [0.05, 0.1) is 25.6 Å². The molecule has 2 saturated heterocycles. The van der Waals surface area contributed by atoms with Gasteiger partial charge < -0.3 is 14.4 Å². The molecule has 2 aliphatic heterocycles. The van der Waals surface area contributed by atoms with Crippen molar-refractivity contribution >= 4 is 5.91 Å². The second-order valence-electron chi connectivity index (χ2n) is 5.19. The highest BCUT2D eigenvalue weighted by atomic mass is 16.5. The predicted molar refractivity (Wildman–Crippen MR) is 71.0 cm³/mol. The number of hydrogen-bond donors (Lipinski definition) is 0. The molecule has 1 aromatic carbocycles. The van der Waals surface area contributed by atoms with Gasteiger partial charge in [-0.3, -0.25) is 4.79 Å². The van der Waals surface area contributed by atoms with E-state index in [2.05, 4.69) is 0 Å². The number of carbonyl (C=O) groups excluding carboxylic acids is 1. The number of likely N-dealkylation sites (tertiary alicyclic amines) is 1. The monoisotopic (exact) mass is 261 g/mol. The lowest BCUT2D eigenvalue weighted by atomic mass is 10.1. The Kier molecular flexibility index (Phi) is 3.69. The summed E-state index contributed by atoms with van der Waals surface area (Å²) in [5.74, 6) is 1.07. The van der Waals surface area contributed by atoms with E-state index in [9.17, 15) is 4.79 Å². The van der Waals surface area contributed by atoms with E-state index in [1.807, 2.05) is 35.2 Å². The van der Waals surface area contributed by atoms with E-state index in [1.165, 1.54) is 0 Å². The van der Waals surface area contributed by atoms with Crippen LogP contribution in [0.3, 0.4) is 0 Å². The van der Waals surface area contributed by atoms with Crippen molar-refractivity contribution in [1.29, 1.82) is 0 Å². The number of carbonyl (C=O) groups is 1. The van der Waals surface area contributed by atoms with Crippen molar-refractivity contribution < 1.29 is 14.3 Å². The number of hydrogen-bond acceptors (Lipinski definition) is 3. The van der Waals surface area contributed by atoms with Crippen LogP contribution in [-0.4, -0.2) is 42.7 Å². The normalized spacial score (nSPS) is 23.2. The van der Waals surface area contributed by atoms with Crippen LogP contribution in [0.4, 0.5) is 0 Å². The summed E-state index contributed by atoms with van der Waals surface area (Å²) in [6.45, 7) is 2.19. The van der Waals surface area contributed by atoms with Gasteiger partial charge in [0.15, 0.2) is 0 Å². The maximum absolute atomic E-state index is 12.0. The minimum atomic E-state index is 0.135. The van der Waals surface area contributed by atoms with E-state index in [0.717, 1.165) is 25.2 Å². The third-order valence-corrected chi connectivity index (χ3v) is 3.67. The van der Waals surface area contributed by atoms with Crippen molar-refractivity contribution in [1.82, 2.24) is 4.90 Å². The Hall–Kier alpha value is -1.55. The SMILES string of the molecule is O=C(CC1CCCO1)N1CC(Oc2ccccc2)C1. The molecular formula is C15H19NO3. The van der Waals surface area contributed by atoms with Crippen LogP contribution in [0.15, 0.2) is 30.3 Å². The van der Waals surface area contributed by atoms with E-state index in [1.54, 1.807) is 0 Å². The smallest absolute Gasteiger partial charge is 0.225 e. The van der Waals surface area contributed by atoms with Crippen LogP contribution in [0, 0.1) is 0 Å². The van der Waals surface area contributed by atoms with Crippen molar-refractivity contribution in [2.75, 3.05) is 19.7 Å². The highest BCUT2D eigenvalue weighted by Crippen LogP contribution is 2.21. The fourth-order valence-electron chi connectivity index (χ4n) is 2.54. The molecule has 19 heavy (non-hydrogen) atoms. The summed E-state index contributed by atoms with van der Waals surface area (Å²) in [4.78, 5) is 13.8. The molecule has 1 unspecified atom stereocenters. The summed E-state index contributed by atoms with van der Waals surface area (Å²) in [5, 5.41) is 0. The number of ether oxygens (including phenoxy) is 2. The maximum atomic E-state index is 12.0. The Morgan fingerprint density at radius 1 is 1.32 bits per heavy atom. The van der Waals surface area contributed by atoms with Crippen molar-refractivity contribution in [2.24, 2.45) is 0 Å². The second kappa shape index (κ2) is 5.61. The van der Waals surface area contributed by atoms with Gasteiger partial charge >= 0.3 is 0 Å². The average molecular weight is 261 g/mol. The van der Waals surface area contributed by atoms with Gasteiger partial charge in [-0.25, -0.2) is 0 Å². The van der Waals surface area contributed by atoms with Crippen LogP contribution in [0.2, 0.25) is 0 Å². The van der Waals surface area contributed by atoms with Gasteiger partial charge in [-0.15, -0.1) is 0 Å². The van der Waals surface area contributed by atoms with E-state index in [-0.39, 0.29) is 18.1 Å². The number of para-hydroxylation sites is 1. The molecule has 0 N–H and O–H groups in total. The summed E-state index contributed by atoms with van der Waals surface area (Å²) in [7, 11) is 0. The first-order valence-corrected chi connectivity index (χ1v) is 6.92. The summed E-state index contributed by atoms with van der Waals surface area (Å²) in [6, 6.07) is 9.75. The largest absolute Gasteiger partial charge is 0.487 e. The Bertz CT molecular complexity index is 422. The molecule has 3 rings (SSSR count). The second-order valence-corrected chi connectivity index (χ2v) is 5.19. The van der Waals surface area contributed by atoms with Gasteiger partial charge in [0.2, 0.25) is 5.91 Å². The molecule has 0 saturated carbocycles. The molecule has 4 nitrogen and oxygen atoms in total. The molecule has 0 radical (unpaired) electrons. The Morgan fingerprint density at radius 2 is 2.11 bits per heavy atom. The van der Waals surface area contributed by atoms with Gasteiger partial charge in [-0.1, -0.05) is 18.2 Å². The molecule has 1 atom stereocenters. The first-order chi connectivity index (χ1) is 9.31. The van der Waals surface area contributed by atoms with E-state index in [4.69, 9.17) is 9.47 Å². The molecule has 0 spiro atoms. The minimum Gasteiger partial charge on any atom is -0.487 e. The van der Waals surface area contributed by atoms with Crippen molar-refractivity contribution in [3.8, 4) is 5.75 Å². The third-order valence-electron chi connectivity index (χ3n) is 3.67. The molecule has 4 heteroatoms. The number of rotatable bonds is 4. The lowest BCUT2D eigenvalue weighted by Crippen LogP contribution is -2.56. The molecule has 2 heterocycles. The van der Waals surface area contributed by atoms with Crippen molar-refractivity contribution in [3.05, 3.63) is 30.3 Å². The Labute approximate surface area is 113 Å². The van der Waals surface area contributed by atoms with Gasteiger partial charge in [0.25, 0.3) is 0 Å². The first-order valence-electron chi connectivity index (χ1n) is 6.92. The topological polar surface area (TPSA) is 38.8 Å². The molecule has 1 amide bonds.